The topological polar surface area (TPSA) is 92.6 Å². The van der Waals surface area contributed by atoms with E-state index in [1.807, 2.05) is 6.92 Å². The number of piperazine rings is 1. The van der Waals surface area contributed by atoms with Gasteiger partial charge in [0.2, 0.25) is 10.0 Å². The molecule has 0 aliphatic carbocycles. The molecular formula is C12H16BrN3O4S. The number of nitro benzene ring substituents is 1. The van der Waals surface area contributed by atoms with Crippen LogP contribution in [0.25, 0.3) is 0 Å². The maximum atomic E-state index is 12.8. The molecule has 1 N–H and O–H groups in total. The van der Waals surface area contributed by atoms with Crippen LogP contribution in [0.15, 0.2) is 27.6 Å². The van der Waals surface area contributed by atoms with Gasteiger partial charge in [-0.2, -0.15) is 4.31 Å². The SMILES string of the molecule is CC1NCCN(S(=O)(=O)c2cc(Br)ccc2[N+](=O)[O-])C1C. The summed E-state index contributed by atoms with van der Waals surface area (Å²) in [7, 11) is -3.92. The molecular weight excluding hydrogens is 362 g/mol. The molecule has 0 saturated carbocycles. The molecule has 2 rings (SSSR count). The average Bonchev–Trinajstić information content (AvgIpc) is 2.41. The maximum absolute atomic E-state index is 12.8. The van der Waals surface area contributed by atoms with Gasteiger partial charge >= 0.3 is 0 Å². The first-order valence-electron chi connectivity index (χ1n) is 6.44. The lowest BCUT2D eigenvalue weighted by Gasteiger charge is -2.37. The standard InChI is InChI=1S/C12H16BrN3O4S/c1-8-9(2)15(6-5-14-8)21(19,20)12-7-10(13)3-4-11(12)16(17)18/h3-4,7-9,14H,5-6H2,1-2H3. The van der Waals surface area contributed by atoms with Gasteiger partial charge in [-0.25, -0.2) is 8.42 Å². The van der Waals surface area contributed by atoms with Gasteiger partial charge in [-0.3, -0.25) is 10.1 Å². The second-order valence-electron chi connectivity index (χ2n) is 4.97. The molecule has 0 radical (unpaired) electrons. The summed E-state index contributed by atoms with van der Waals surface area (Å²) in [6.45, 7) is 4.49. The first-order valence-corrected chi connectivity index (χ1v) is 8.67. The van der Waals surface area contributed by atoms with E-state index in [1.165, 1.54) is 22.5 Å². The molecule has 1 fully saturated rings. The second kappa shape index (κ2) is 5.99. The number of nitrogens with zero attached hydrogens (tertiary/aromatic N) is 2. The third-order valence-corrected chi connectivity index (χ3v) is 6.19. The first-order chi connectivity index (χ1) is 9.75. The van der Waals surface area contributed by atoms with E-state index < -0.39 is 20.6 Å². The molecule has 1 saturated heterocycles. The number of hydrogen-bond donors (Lipinski definition) is 1. The Morgan fingerprint density at radius 3 is 2.71 bits per heavy atom. The van der Waals surface area contributed by atoms with Crippen LogP contribution in [0.1, 0.15) is 13.8 Å². The highest BCUT2D eigenvalue weighted by Gasteiger charge is 2.38. The van der Waals surface area contributed by atoms with Crippen molar-refractivity contribution in [2.75, 3.05) is 13.1 Å². The van der Waals surface area contributed by atoms with E-state index in [0.717, 1.165) is 0 Å². The number of halogens is 1. The van der Waals surface area contributed by atoms with E-state index in [1.54, 1.807) is 6.92 Å². The van der Waals surface area contributed by atoms with Gasteiger partial charge in [0.15, 0.2) is 4.90 Å². The Balaban J connectivity index is 2.53. The van der Waals surface area contributed by atoms with Crippen LogP contribution in [0.2, 0.25) is 0 Å². The van der Waals surface area contributed by atoms with E-state index >= 15 is 0 Å². The lowest BCUT2D eigenvalue weighted by molar-refractivity contribution is -0.387. The van der Waals surface area contributed by atoms with E-state index in [2.05, 4.69) is 21.2 Å². The van der Waals surface area contributed by atoms with Crippen molar-refractivity contribution in [1.82, 2.24) is 9.62 Å². The van der Waals surface area contributed by atoms with Crippen molar-refractivity contribution in [2.45, 2.75) is 30.8 Å². The van der Waals surface area contributed by atoms with E-state index in [9.17, 15) is 18.5 Å². The molecule has 2 atom stereocenters. The zero-order valence-electron chi connectivity index (χ0n) is 11.6. The Morgan fingerprint density at radius 2 is 2.10 bits per heavy atom. The Bertz CT molecular complexity index is 664. The predicted molar refractivity (Wildman–Crippen MR) is 81.6 cm³/mol. The van der Waals surface area contributed by atoms with Crippen LogP contribution >= 0.6 is 15.9 Å². The molecule has 1 aromatic rings. The number of rotatable bonds is 3. The normalized spacial score (nSPS) is 24.0. The van der Waals surface area contributed by atoms with Crippen LogP contribution in [0.5, 0.6) is 0 Å². The molecule has 7 nitrogen and oxygen atoms in total. The fraction of sp³-hybridized carbons (Fsp3) is 0.500. The Kier molecular flexibility index (Phi) is 4.66. The van der Waals surface area contributed by atoms with Crippen molar-refractivity contribution >= 4 is 31.6 Å². The second-order valence-corrected chi connectivity index (χ2v) is 7.74. The fourth-order valence-electron chi connectivity index (χ4n) is 2.34. The molecule has 2 unspecified atom stereocenters. The molecule has 9 heteroatoms. The van der Waals surface area contributed by atoms with Crippen molar-refractivity contribution in [1.29, 1.82) is 0 Å². The van der Waals surface area contributed by atoms with Gasteiger partial charge in [0.05, 0.1) is 4.92 Å². The Labute approximate surface area is 131 Å². The smallest absolute Gasteiger partial charge is 0.289 e. The lowest BCUT2D eigenvalue weighted by Crippen LogP contribution is -2.57. The summed E-state index contributed by atoms with van der Waals surface area (Å²) in [6.07, 6.45) is 0. The number of hydrogen-bond acceptors (Lipinski definition) is 5. The predicted octanol–water partition coefficient (Wildman–Crippen LogP) is 1.73. The van der Waals surface area contributed by atoms with Gasteiger partial charge in [0.1, 0.15) is 0 Å². The zero-order chi connectivity index (χ0) is 15.8. The summed E-state index contributed by atoms with van der Waals surface area (Å²) in [4.78, 5) is 10.2. The molecule has 0 bridgehead atoms. The third-order valence-electron chi connectivity index (χ3n) is 3.68. The van der Waals surface area contributed by atoms with Crippen molar-refractivity contribution in [3.8, 4) is 0 Å². The van der Waals surface area contributed by atoms with Gasteiger partial charge in [0.25, 0.3) is 5.69 Å². The minimum Gasteiger partial charge on any atom is -0.311 e. The Morgan fingerprint density at radius 1 is 1.43 bits per heavy atom. The summed E-state index contributed by atoms with van der Waals surface area (Å²) in [5, 5.41) is 14.3. The first kappa shape index (κ1) is 16.3. The van der Waals surface area contributed by atoms with Gasteiger partial charge in [-0.1, -0.05) is 15.9 Å². The van der Waals surface area contributed by atoms with Gasteiger partial charge in [-0.05, 0) is 26.0 Å². The molecule has 21 heavy (non-hydrogen) atoms. The van der Waals surface area contributed by atoms with Gasteiger partial charge in [-0.15, -0.1) is 0 Å². The van der Waals surface area contributed by atoms with Crippen LogP contribution in [0.3, 0.4) is 0 Å². The van der Waals surface area contributed by atoms with Gasteiger partial charge in [0, 0.05) is 35.7 Å². The van der Waals surface area contributed by atoms with Gasteiger partial charge < -0.3 is 5.32 Å². The van der Waals surface area contributed by atoms with Crippen LogP contribution in [0.4, 0.5) is 5.69 Å². The highest BCUT2D eigenvalue weighted by molar-refractivity contribution is 9.10. The Hall–Kier alpha value is -1.03. The molecule has 0 amide bonds. The lowest BCUT2D eigenvalue weighted by atomic mass is 10.1. The molecule has 1 aromatic carbocycles. The maximum Gasteiger partial charge on any atom is 0.289 e. The fourth-order valence-corrected chi connectivity index (χ4v) is 4.74. The average molecular weight is 378 g/mol. The monoisotopic (exact) mass is 377 g/mol. The van der Waals surface area contributed by atoms with E-state index in [-0.39, 0.29) is 23.5 Å². The summed E-state index contributed by atoms with van der Waals surface area (Å²) in [5.41, 5.74) is -0.406. The van der Waals surface area contributed by atoms with Crippen LogP contribution in [-0.2, 0) is 10.0 Å². The molecule has 0 spiro atoms. The van der Waals surface area contributed by atoms with Crippen molar-refractivity contribution in [3.05, 3.63) is 32.8 Å². The van der Waals surface area contributed by atoms with E-state index in [0.29, 0.717) is 11.0 Å². The highest BCUT2D eigenvalue weighted by Crippen LogP contribution is 2.31. The van der Waals surface area contributed by atoms with Crippen LogP contribution in [-0.4, -0.2) is 42.8 Å². The summed E-state index contributed by atoms with van der Waals surface area (Å²) in [6, 6.07) is 3.66. The zero-order valence-corrected chi connectivity index (χ0v) is 14.0. The number of sulfonamides is 1. The summed E-state index contributed by atoms with van der Waals surface area (Å²) in [5.74, 6) is 0. The summed E-state index contributed by atoms with van der Waals surface area (Å²) < 4.78 is 27.4. The molecule has 116 valence electrons. The van der Waals surface area contributed by atoms with Crippen LogP contribution < -0.4 is 5.32 Å². The highest BCUT2D eigenvalue weighted by atomic mass is 79.9. The van der Waals surface area contributed by atoms with E-state index in [4.69, 9.17) is 0 Å². The molecule has 1 heterocycles. The van der Waals surface area contributed by atoms with Crippen LogP contribution in [0, 0.1) is 10.1 Å². The van der Waals surface area contributed by atoms with Crippen molar-refractivity contribution in [3.63, 3.8) is 0 Å². The van der Waals surface area contributed by atoms with Crippen molar-refractivity contribution < 1.29 is 13.3 Å². The summed E-state index contributed by atoms with van der Waals surface area (Å²) >= 11 is 3.17. The number of benzene rings is 1. The number of nitro groups is 1. The quantitative estimate of drug-likeness (QED) is 0.639. The third kappa shape index (κ3) is 3.10. The largest absolute Gasteiger partial charge is 0.311 e. The minimum atomic E-state index is -3.92. The number of nitrogens with one attached hydrogen (secondary N) is 1. The molecule has 1 aliphatic heterocycles. The molecule has 1 aliphatic rings. The minimum absolute atomic E-state index is 0.0141. The van der Waals surface area contributed by atoms with Crippen molar-refractivity contribution in [2.24, 2.45) is 0 Å². The molecule has 0 aromatic heterocycles.